The molecule has 3 heterocycles. The molecule has 1 atom stereocenters. The molecule has 0 saturated carbocycles. The van der Waals surface area contributed by atoms with Gasteiger partial charge in [-0.15, -0.1) is 35.3 Å². The van der Waals surface area contributed by atoms with Crippen molar-refractivity contribution < 1.29 is 0 Å². The Kier molecular flexibility index (Phi) is 7.17. The van der Waals surface area contributed by atoms with Gasteiger partial charge in [-0.1, -0.05) is 0 Å². The number of nitrogens with one attached hydrogen (secondary N) is 2. The van der Waals surface area contributed by atoms with E-state index < -0.39 is 0 Å². The highest BCUT2D eigenvalue weighted by atomic mass is 127. The van der Waals surface area contributed by atoms with Crippen LogP contribution in [0.5, 0.6) is 0 Å². The van der Waals surface area contributed by atoms with Crippen LogP contribution in [-0.4, -0.2) is 38.3 Å². The minimum atomic E-state index is 0. The minimum absolute atomic E-state index is 0. The summed E-state index contributed by atoms with van der Waals surface area (Å²) in [5, 5.41) is 12.4. The van der Waals surface area contributed by atoms with E-state index in [4.69, 9.17) is 4.99 Å². The van der Waals surface area contributed by atoms with Crippen molar-refractivity contribution in [2.75, 3.05) is 6.54 Å². The second-order valence-corrected chi connectivity index (χ2v) is 7.37. The Morgan fingerprint density at radius 2 is 2.12 bits per heavy atom. The van der Waals surface area contributed by atoms with Crippen molar-refractivity contribution in [3.05, 3.63) is 27.2 Å². The second kappa shape index (κ2) is 8.93. The third-order valence-electron chi connectivity index (χ3n) is 4.09. The highest BCUT2D eigenvalue weighted by Gasteiger charge is 2.21. The highest BCUT2D eigenvalue weighted by molar-refractivity contribution is 14.0. The Bertz CT molecular complexity index is 717. The van der Waals surface area contributed by atoms with E-state index >= 15 is 0 Å². The van der Waals surface area contributed by atoms with Gasteiger partial charge in [0.15, 0.2) is 5.96 Å². The average Bonchev–Trinajstić information content (AvgIpc) is 3.06. The zero-order valence-corrected chi connectivity index (χ0v) is 18.3. The Labute approximate surface area is 169 Å². The zero-order chi connectivity index (χ0) is 17.1. The fraction of sp³-hybridized carbons (Fsp3) is 0.625. The molecule has 0 saturated heterocycles. The Morgan fingerprint density at radius 3 is 2.80 bits per heavy atom. The van der Waals surface area contributed by atoms with Crippen LogP contribution in [0.4, 0.5) is 0 Å². The standard InChI is InChI=1S/C16H25N7S.HI/c1-5-17-16(18-8-15-19-10(2)11(3)24-15)21-13-6-7-14-20-12(4)22-23(14)9-13;/h13H,5-9H2,1-4H3,(H2,17,18,21);1H. The molecule has 2 aromatic heterocycles. The van der Waals surface area contributed by atoms with Gasteiger partial charge in [0.25, 0.3) is 0 Å². The van der Waals surface area contributed by atoms with Crippen LogP contribution >= 0.6 is 35.3 Å². The number of nitrogens with zero attached hydrogens (tertiary/aromatic N) is 5. The maximum Gasteiger partial charge on any atom is 0.191 e. The zero-order valence-electron chi connectivity index (χ0n) is 15.2. The molecule has 1 unspecified atom stereocenters. The number of aromatic nitrogens is 4. The van der Waals surface area contributed by atoms with Crippen LogP contribution in [0, 0.1) is 20.8 Å². The summed E-state index contributed by atoms with van der Waals surface area (Å²) in [5.41, 5.74) is 1.10. The van der Waals surface area contributed by atoms with E-state index in [0.717, 1.165) is 54.2 Å². The van der Waals surface area contributed by atoms with Gasteiger partial charge in [-0.05, 0) is 34.1 Å². The Morgan fingerprint density at radius 1 is 1.32 bits per heavy atom. The van der Waals surface area contributed by atoms with Crippen LogP contribution in [0.25, 0.3) is 0 Å². The van der Waals surface area contributed by atoms with Crippen LogP contribution in [0.1, 0.15) is 40.6 Å². The molecular weight excluding hydrogens is 449 g/mol. The van der Waals surface area contributed by atoms with Crippen molar-refractivity contribution in [3.8, 4) is 0 Å². The number of guanidine groups is 1. The molecule has 0 aliphatic carbocycles. The predicted molar refractivity (Wildman–Crippen MR) is 112 cm³/mol. The van der Waals surface area contributed by atoms with Crippen molar-refractivity contribution in [1.29, 1.82) is 0 Å². The number of rotatable bonds is 4. The topological polar surface area (TPSA) is 80.0 Å². The van der Waals surface area contributed by atoms with Crippen LogP contribution < -0.4 is 10.6 Å². The van der Waals surface area contributed by atoms with Crippen molar-refractivity contribution >= 4 is 41.3 Å². The lowest BCUT2D eigenvalue weighted by molar-refractivity contribution is 0.392. The van der Waals surface area contributed by atoms with Gasteiger partial charge in [-0.3, -0.25) is 0 Å². The van der Waals surface area contributed by atoms with Crippen molar-refractivity contribution in [3.63, 3.8) is 0 Å². The third kappa shape index (κ3) is 5.13. The third-order valence-corrected chi connectivity index (χ3v) is 5.15. The Hall–Kier alpha value is -1.23. The summed E-state index contributed by atoms with van der Waals surface area (Å²) in [6.07, 6.45) is 1.99. The largest absolute Gasteiger partial charge is 0.357 e. The maximum absolute atomic E-state index is 4.69. The fourth-order valence-electron chi connectivity index (χ4n) is 2.82. The molecule has 0 aromatic carbocycles. The molecule has 2 N–H and O–H groups in total. The maximum atomic E-state index is 4.69. The molecular formula is C16H26IN7S. The summed E-state index contributed by atoms with van der Waals surface area (Å²) in [4.78, 5) is 15.0. The lowest BCUT2D eigenvalue weighted by Crippen LogP contribution is -2.47. The van der Waals surface area contributed by atoms with Crippen LogP contribution in [0.2, 0.25) is 0 Å². The summed E-state index contributed by atoms with van der Waals surface area (Å²) in [6, 6.07) is 0.316. The lowest BCUT2D eigenvalue weighted by atomic mass is 10.1. The number of aryl methyl sites for hydroxylation is 4. The van der Waals surface area contributed by atoms with Crippen LogP contribution in [-0.2, 0) is 19.5 Å². The number of fused-ring (bicyclic) bond motifs is 1. The predicted octanol–water partition coefficient (Wildman–Crippen LogP) is 2.35. The molecule has 9 heteroatoms. The van der Waals surface area contributed by atoms with Gasteiger partial charge in [0, 0.05) is 23.9 Å². The molecule has 7 nitrogen and oxygen atoms in total. The van der Waals surface area contributed by atoms with Gasteiger partial charge >= 0.3 is 0 Å². The van der Waals surface area contributed by atoms with Gasteiger partial charge in [-0.2, -0.15) is 5.10 Å². The molecule has 2 aromatic rings. The minimum Gasteiger partial charge on any atom is -0.357 e. The number of hydrogen-bond acceptors (Lipinski definition) is 5. The van der Waals surface area contributed by atoms with Crippen molar-refractivity contribution in [2.45, 2.75) is 59.7 Å². The monoisotopic (exact) mass is 475 g/mol. The molecule has 0 spiro atoms. The highest BCUT2D eigenvalue weighted by Crippen LogP contribution is 2.17. The molecule has 0 fully saturated rings. The molecule has 1 aliphatic rings. The molecule has 0 bridgehead atoms. The summed E-state index contributed by atoms with van der Waals surface area (Å²) < 4.78 is 2.01. The van der Waals surface area contributed by atoms with Crippen LogP contribution in [0.15, 0.2) is 4.99 Å². The van der Waals surface area contributed by atoms with E-state index in [1.807, 2.05) is 18.5 Å². The van der Waals surface area contributed by atoms with E-state index in [-0.39, 0.29) is 24.0 Å². The van der Waals surface area contributed by atoms with Crippen LogP contribution in [0.3, 0.4) is 0 Å². The Balaban J connectivity index is 0.00000225. The normalized spacial score (nSPS) is 17.0. The van der Waals surface area contributed by atoms with Gasteiger partial charge in [-0.25, -0.2) is 19.6 Å². The summed E-state index contributed by atoms with van der Waals surface area (Å²) in [5.74, 6) is 2.77. The first kappa shape index (κ1) is 20.1. The second-order valence-electron chi connectivity index (χ2n) is 6.08. The molecule has 0 radical (unpaired) electrons. The average molecular weight is 475 g/mol. The molecule has 3 rings (SSSR count). The SMILES string of the molecule is CCNC(=NCc1nc(C)c(C)s1)NC1CCc2nc(C)nn2C1.I. The van der Waals surface area contributed by atoms with E-state index in [1.165, 1.54) is 4.88 Å². The summed E-state index contributed by atoms with van der Waals surface area (Å²) >= 11 is 1.72. The first-order valence-corrected chi connectivity index (χ1v) is 9.25. The number of halogens is 1. The summed E-state index contributed by atoms with van der Waals surface area (Å²) in [6.45, 7) is 10.4. The van der Waals surface area contributed by atoms with Gasteiger partial charge in [0.2, 0.25) is 0 Å². The van der Waals surface area contributed by atoms with Gasteiger partial charge in [0.1, 0.15) is 16.7 Å². The van der Waals surface area contributed by atoms with E-state index in [9.17, 15) is 0 Å². The van der Waals surface area contributed by atoms with Gasteiger partial charge < -0.3 is 10.6 Å². The first-order chi connectivity index (χ1) is 11.5. The molecule has 1 aliphatic heterocycles. The van der Waals surface area contributed by atoms with Crippen molar-refractivity contribution in [1.82, 2.24) is 30.4 Å². The molecule has 0 amide bonds. The molecule has 138 valence electrons. The smallest absolute Gasteiger partial charge is 0.191 e. The molecule has 25 heavy (non-hydrogen) atoms. The quantitative estimate of drug-likeness (QED) is 0.403. The van der Waals surface area contributed by atoms with E-state index in [0.29, 0.717) is 12.6 Å². The summed E-state index contributed by atoms with van der Waals surface area (Å²) in [7, 11) is 0. The number of hydrogen-bond donors (Lipinski definition) is 2. The fourth-order valence-corrected chi connectivity index (χ4v) is 3.68. The van der Waals surface area contributed by atoms with Crippen molar-refractivity contribution in [2.24, 2.45) is 4.99 Å². The van der Waals surface area contributed by atoms with E-state index in [1.54, 1.807) is 11.3 Å². The number of thiazole rings is 1. The first-order valence-electron chi connectivity index (χ1n) is 8.43. The van der Waals surface area contributed by atoms with Gasteiger partial charge in [0.05, 0.1) is 18.8 Å². The van der Waals surface area contributed by atoms with E-state index in [2.05, 4.69) is 39.5 Å². The number of aliphatic imine (C=N–C) groups is 1. The lowest BCUT2D eigenvalue weighted by Gasteiger charge is -2.25.